The highest BCUT2D eigenvalue weighted by Gasteiger charge is 2.12. The summed E-state index contributed by atoms with van der Waals surface area (Å²) in [7, 11) is -3.07. The van der Waals surface area contributed by atoms with Gasteiger partial charge in [0.1, 0.15) is 0 Å². The maximum absolute atomic E-state index is 11.0. The minimum Gasteiger partial charge on any atom is -0.352 e. The molecular weight excluding hydrogens is 230 g/mol. The van der Waals surface area contributed by atoms with Crippen molar-refractivity contribution in [3.8, 4) is 0 Å². The number of H-pyrrole nitrogens is 1. The van der Waals surface area contributed by atoms with Gasteiger partial charge in [0.25, 0.3) is 0 Å². The first kappa shape index (κ1) is 8.80. The van der Waals surface area contributed by atoms with E-state index in [2.05, 4.69) is 20.9 Å². The van der Waals surface area contributed by atoms with E-state index in [0.29, 0.717) is 15.2 Å². The van der Waals surface area contributed by atoms with Crippen molar-refractivity contribution in [2.75, 3.05) is 6.26 Å². The maximum Gasteiger partial charge on any atom is 0.177 e. The summed E-state index contributed by atoms with van der Waals surface area (Å²) < 4.78 is 22.7. The normalized spacial score (nSPS) is 11.9. The third kappa shape index (κ3) is 1.84. The van der Waals surface area contributed by atoms with Gasteiger partial charge in [0.15, 0.2) is 9.84 Å². The lowest BCUT2D eigenvalue weighted by Crippen LogP contribution is -1.96. The maximum atomic E-state index is 11.0. The second kappa shape index (κ2) is 2.64. The molecule has 1 N–H and O–H groups in total. The van der Waals surface area contributed by atoms with E-state index in [1.807, 2.05) is 0 Å². The SMILES string of the molecule is Cc1[nH]c(Br)cc1S(C)(=O)=O. The van der Waals surface area contributed by atoms with E-state index in [-0.39, 0.29) is 0 Å². The summed E-state index contributed by atoms with van der Waals surface area (Å²) in [5, 5.41) is 0. The molecule has 0 bridgehead atoms. The first-order valence-electron chi connectivity index (χ1n) is 2.96. The van der Waals surface area contributed by atoms with Crippen LogP contribution >= 0.6 is 15.9 Å². The number of aromatic nitrogens is 1. The van der Waals surface area contributed by atoms with E-state index in [1.54, 1.807) is 13.0 Å². The van der Waals surface area contributed by atoms with Gasteiger partial charge in [0, 0.05) is 11.9 Å². The van der Waals surface area contributed by atoms with Crippen LogP contribution in [0.15, 0.2) is 15.6 Å². The largest absolute Gasteiger partial charge is 0.352 e. The molecule has 3 nitrogen and oxygen atoms in total. The molecule has 0 aromatic carbocycles. The third-order valence-corrected chi connectivity index (χ3v) is 2.98. The standard InChI is InChI=1S/C6H8BrNO2S/c1-4-5(11(2,9)10)3-6(7)8-4/h3,8H,1-2H3. The Hall–Kier alpha value is -0.290. The van der Waals surface area contributed by atoms with E-state index in [9.17, 15) is 8.42 Å². The number of hydrogen-bond donors (Lipinski definition) is 1. The van der Waals surface area contributed by atoms with Crippen molar-refractivity contribution in [1.82, 2.24) is 4.98 Å². The second-order valence-electron chi connectivity index (χ2n) is 2.38. The second-order valence-corrected chi connectivity index (χ2v) is 5.22. The topological polar surface area (TPSA) is 49.9 Å². The Morgan fingerprint density at radius 3 is 2.27 bits per heavy atom. The van der Waals surface area contributed by atoms with E-state index < -0.39 is 9.84 Å². The van der Waals surface area contributed by atoms with Crippen LogP contribution in [0.4, 0.5) is 0 Å². The van der Waals surface area contributed by atoms with Gasteiger partial charge in [-0.05, 0) is 28.9 Å². The predicted molar refractivity (Wildman–Crippen MR) is 46.3 cm³/mol. The Labute approximate surface area is 73.9 Å². The molecule has 0 aliphatic rings. The molecule has 1 heterocycles. The van der Waals surface area contributed by atoms with Crippen molar-refractivity contribution in [1.29, 1.82) is 0 Å². The van der Waals surface area contributed by atoms with Crippen molar-refractivity contribution in [3.05, 3.63) is 16.4 Å². The van der Waals surface area contributed by atoms with Crippen LogP contribution in [0.25, 0.3) is 0 Å². The monoisotopic (exact) mass is 237 g/mol. The van der Waals surface area contributed by atoms with E-state index >= 15 is 0 Å². The highest BCUT2D eigenvalue weighted by molar-refractivity contribution is 9.10. The van der Waals surface area contributed by atoms with Crippen molar-refractivity contribution in [2.24, 2.45) is 0 Å². The van der Waals surface area contributed by atoms with E-state index in [0.717, 1.165) is 0 Å². The number of aryl methyl sites for hydroxylation is 1. The van der Waals surface area contributed by atoms with Gasteiger partial charge in [-0.25, -0.2) is 8.42 Å². The van der Waals surface area contributed by atoms with Gasteiger partial charge in [-0.1, -0.05) is 0 Å². The number of nitrogens with one attached hydrogen (secondary N) is 1. The van der Waals surface area contributed by atoms with E-state index in [1.165, 1.54) is 6.26 Å². The smallest absolute Gasteiger partial charge is 0.177 e. The van der Waals surface area contributed by atoms with Gasteiger partial charge in [0.2, 0.25) is 0 Å². The van der Waals surface area contributed by atoms with Crippen LogP contribution in [0.2, 0.25) is 0 Å². The molecule has 0 fully saturated rings. The lowest BCUT2D eigenvalue weighted by molar-refractivity contribution is 0.601. The van der Waals surface area contributed by atoms with Gasteiger partial charge in [0.05, 0.1) is 9.50 Å². The fourth-order valence-electron chi connectivity index (χ4n) is 0.885. The highest BCUT2D eigenvalue weighted by atomic mass is 79.9. The number of aromatic amines is 1. The molecule has 0 radical (unpaired) electrons. The Balaban J connectivity index is 3.36. The summed E-state index contributed by atoms with van der Waals surface area (Å²) in [5.41, 5.74) is 0.666. The number of sulfone groups is 1. The average Bonchev–Trinajstić information content (AvgIpc) is 2.08. The van der Waals surface area contributed by atoms with Gasteiger partial charge in [-0.2, -0.15) is 0 Å². The van der Waals surface area contributed by atoms with E-state index in [4.69, 9.17) is 0 Å². The Morgan fingerprint density at radius 1 is 1.55 bits per heavy atom. The summed E-state index contributed by atoms with van der Waals surface area (Å²) in [6.45, 7) is 1.72. The lowest BCUT2D eigenvalue weighted by atomic mass is 10.5. The molecule has 0 atom stereocenters. The van der Waals surface area contributed by atoms with Crippen molar-refractivity contribution >= 4 is 25.8 Å². The summed E-state index contributed by atoms with van der Waals surface area (Å²) >= 11 is 3.16. The van der Waals surface area contributed by atoms with Gasteiger partial charge < -0.3 is 4.98 Å². The molecule has 0 aliphatic heterocycles. The molecule has 1 rings (SSSR count). The predicted octanol–water partition coefficient (Wildman–Crippen LogP) is 1.49. The van der Waals surface area contributed by atoms with Crippen molar-refractivity contribution in [2.45, 2.75) is 11.8 Å². The molecule has 1 aromatic rings. The summed E-state index contributed by atoms with van der Waals surface area (Å²) in [6.07, 6.45) is 1.19. The minimum absolute atomic E-state index is 0.351. The van der Waals surface area contributed by atoms with Crippen LogP contribution in [0, 0.1) is 6.92 Å². The Bertz CT molecular complexity index is 366. The molecule has 62 valence electrons. The van der Waals surface area contributed by atoms with Crippen molar-refractivity contribution < 1.29 is 8.42 Å². The van der Waals surface area contributed by atoms with Gasteiger partial charge >= 0.3 is 0 Å². The molecule has 0 spiro atoms. The first-order valence-corrected chi connectivity index (χ1v) is 5.65. The van der Waals surface area contributed by atoms with Crippen LogP contribution in [-0.4, -0.2) is 19.7 Å². The third-order valence-electron chi connectivity index (χ3n) is 1.33. The van der Waals surface area contributed by atoms with Crippen LogP contribution in [0.5, 0.6) is 0 Å². The summed E-state index contributed by atoms with van der Waals surface area (Å²) in [5.74, 6) is 0. The van der Waals surface area contributed by atoms with Crippen LogP contribution < -0.4 is 0 Å². The van der Waals surface area contributed by atoms with Crippen LogP contribution in [0.3, 0.4) is 0 Å². The molecule has 1 aromatic heterocycles. The molecule has 0 saturated carbocycles. The van der Waals surface area contributed by atoms with Crippen molar-refractivity contribution in [3.63, 3.8) is 0 Å². The zero-order valence-corrected chi connectivity index (χ0v) is 8.58. The number of halogens is 1. The number of rotatable bonds is 1. The first-order chi connectivity index (χ1) is 4.91. The fourth-order valence-corrected chi connectivity index (χ4v) is 2.50. The molecular formula is C6H8BrNO2S. The minimum atomic E-state index is -3.07. The fraction of sp³-hybridized carbons (Fsp3) is 0.333. The molecule has 0 amide bonds. The van der Waals surface area contributed by atoms with Crippen LogP contribution in [0.1, 0.15) is 5.69 Å². The number of hydrogen-bond acceptors (Lipinski definition) is 2. The highest BCUT2D eigenvalue weighted by Crippen LogP contribution is 2.19. The van der Waals surface area contributed by atoms with Gasteiger partial charge in [-0.15, -0.1) is 0 Å². The summed E-state index contributed by atoms with van der Waals surface area (Å²) in [4.78, 5) is 3.20. The molecule has 5 heteroatoms. The molecule has 0 aliphatic carbocycles. The molecule has 0 unspecified atom stereocenters. The average molecular weight is 238 g/mol. The zero-order chi connectivity index (χ0) is 8.65. The lowest BCUT2D eigenvalue weighted by Gasteiger charge is -1.92. The van der Waals surface area contributed by atoms with Crippen LogP contribution in [-0.2, 0) is 9.84 Å². The Morgan fingerprint density at radius 2 is 2.09 bits per heavy atom. The zero-order valence-electron chi connectivity index (χ0n) is 6.18. The molecule has 0 saturated heterocycles. The summed E-state index contributed by atoms with van der Waals surface area (Å²) in [6, 6.07) is 1.56. The quantitative estimate of drug-likeness (QED) is 0.805. The Kier molecular flexibility index (Phi) is 2.11. The van der Waals surface area contributed by atoms with Gasteiger partial charge in [-0.3, -0.25) is 0 Å². The molecule has 11 heavy (non-hydrogen) atoms.